The maximum atomic E-state index is 12.5. The topological polar surface area (TPSA) is 58.1 Å². The van der Waals surface area contributed by atoms with Gasteiger partial charge in [-0.1, -0.05) is 12.1 Å². The summed E-state index contributed by atoms with van der Waals surface area (Å²) in [7, 11) is 3.94. The van der Waals surface area contributed by atoms with Crippen LogP contribution in [0, 0.1) is 0 Å². The predicted molar refractivity (Wildman–Crippen MR) is 95.6 cm³/mol. The Labute approximate surface area is 142 Å². The molecule has 5 nitrogen and oxygen atoms in total. The molecule has 118 valence electrons. The van der Waals surface area contributed by atoms with Crippen LogP contribution in [-0.2, 0) is 0 Å². The SMILES string of the molecule is CN(C)CCNC(=O)c1cccc2nc3cccc(Br)c3nc12. The normalized spacial score (nSPS) is 11.3. The van der Waals surface area contributed by atoms with Crippen molar-refractivity contribution in [1.82, 2.24) is 20.2 Å². The molecule has 1 amide bonds. The van der Waals surface area contributed by atoms with Gasteiger partial charge < -0.3 is 10.2 Å². The van der Waals surface area contributed by atoms with Crippen molar-refractivity contribution >= 4 is 43.9 Å². The molecule has 23 heavy (non-hydrogen) atoms. The van der Waals surface area contributed by atoms with Crippen LogP contribution in [0.3, 0.4) is 0 Å². The summed E-state index contributed by atoms with van der Waals surface area (Å²) in [5.74, 6) is -0.127. The quantitative estimate of drug-likeness (QED) is 0.715. The predicted octanol–water partition coefficient (Wildman–Crippen LogP) is 2.84. The smallest absolute Gasteiger partial charge is 0.253 e. The molecule has 0 fully saturated rings. The van der Waals surface area contributed by atoms with E-state index in [1.54, 1.807) is 6.07 Å². The van der Waals surface area contributed by atoms with Crippen LogP contribution in [0.25, 0.3) is 22.1 Å². The molecule has 0 saturated heterocycles. The van der Waals surface area contributed by atoms with E-state index in [4.69, 9.17) is 0 Å². The van der Waals surface area contributed by atoms with Crippen molar-refractivity contribution in [3.63, 3.8) is 0 Å². The first-order chi connectivity index (χ1) is 11.1. The van der Waals surface area contributed by atoms with E-state index in [0.717, 1.165) is 27.6 Å². The van der Waals surface area contributed by atoms with Gasteiger partial charge in [0, 0.05) is 17.6 Å². The first-order valence-corrected chi connectivity index (χ1v) is 8.13. The Bertz CT molecular complexity index is 879. The van der Waals surface area contributed by atoms with Crippen LogP contribution >= 0.6 is 15.9 Å². The van der Waals surface area contributed by atoms with Crippen molar-refractivity contribution in [2.24, 2.45) is 0 Å². The van der Waals surface area contributed by atoms with E-state index >= 15 is 0 Å². The molecule has 3 rings (SSSR count). The molecule has 1 N–H and O–H groups in total. The molecule has 0 aliphatic heterocycles. The summed E-state index contributed by atoms with van der Waals surface area (Å²) in [5.41, 5.74) is 3.45. The Hall–Kier alpha value is -2.05. The van der Waals surface area contributed by atoms with E-state index in [1.165, 1.54) is 0 Å². The van der Waals surface area contributed by atoms with Crippen molar-refractivity contribution in [1.29, 1.82) is 0 Å². The highest BCUT2D eigenvalue weighted by Gasteiger charge is 2.13. The highest BCUT2D eigenvalue weighted by Crippen LogP contribution is 2.24. The molecule has 6 heteroatoms. The zero-order valence-corrected chi connectivity index (χ0v) is 14.6. The van der Waals surface area contributed by atoms with Gasteiger partial charge in [-0.15, -0.1) is 0 Å². The molecule has 0 bridgehead atoms. The van der Waals surface area contributed by atoms with Crippen LogP contribution in [0.2, 0.25) is 0 Å². The third-order valence-electron chi connectivity index (χ3n) is 3.53. The fourth-order valence-electron chi connectivity index (χ4n) is 2.36. The first kappa shape index (κ1) is 15.8. The van der Waals surface area contributed by atoms with Crippen molar-refractivity contribution in [2.45, 2.75) is 0 Å². The third-order valence-corrected chi connectivity index (χ3v) is 4.17. The van der Waals surface area contributed by atoms with Gasteiger partial charge in [-0.25, -0.2) is 9.97 Å². The van der Waals surface area contributed by atoms with Gasteiger partial charge in [0.25, 0.3) is 5.91 Å². The Balaban J connectivity index is 2.03. The van der Waals surface area contributed by atoms with Crippen LogP contribution in [-0.4, -0.2) is 48.0 Å². The number of fused-ring (bicyclic) bond motifs is 2. The lowest BCUT2D eigenvalue weighted by atomic mass is 10.1. The number of nitrogens with one attached hydrogen (secondary N) is 1. The van der Waals surface area contributed by atoms with Crippen molar-refractivity contribution in [3.8, 4) is 0 Å². The molecule has 1 heterocycles. The maximum Gasteiger partial charge on any atom is 0.253 e. The van der Waals surface area contributed by atoms with Gasteiger partial charge in [-0.05, 0) is 54.3 Å². The van der Waals surface area contributed by atoms with Crippen molar-refractivity contribution < 1.29 is 4.79 Å². The van der Waals surface area contributed by atoms with E-state index < -0.39 is 0 Å². The lowest BCUT2D eigenvalue weighted by Gasteiger charge is -2.11. The summed E-state index contributed by atoms with van der Waals surface area (Å²) >= 11 is 3.49. The molecule has 0 saturated carbocycles. The molecule has 0 radical (unpaired) electrons. The lowest BCUT2D eigenvalue weighted by Crippen LogP contribution is -2.31. The van der Waals surface area contributed by atoms with E-state index in [-0.39, 0.29) is 5.91 Å². The Kier molecular flexibility index (Phi) is 4.54. The molecule has 2 aromatic carbocycles. The molecular formula is C17H17BrN4O. The van der Waals surface area contributed by atoms with Gasteiger partial charge in [0.15, 0.2) is 0 Å². The van der Waals surface area contributed by atoms with Crippen LogP contribution < -0.4 is 5.32 Å². The minimum absolute atomic E-state index is 0.127. The second kappa shape index (κ2) is 6.60. The summed E-state index contributed by atoms with van der Waals surface area (Å²) in [5, 5.41) is 2.93. The first-order valence-electron chi connectivity index (χ1n) is 7.34. The summed E-state index contributed by atoms with van der Waals surface area (Å²) in [6.45, 7) is 1.38. The Morgan fingerprint density at radius 2 is 1.78 bits per heavy atom. The highest BCUT2D eigenvalue weighted by atomic mass is 79.9. The number of aromatic nitrogens is 2. The van der Waals surface area contributed by atoms with Gasteiger partial charge >= 0.3 is 0 Å². The second-order valence-corrected chi connectivity index (χ2v) is 6.42. The fraction of sp³-hybridized carbons (Fsp3) is 0.235. The van der Waals surface area contributed by atoms with Gasteiger partial charge in [-0.3, -0.25) is 4.79 Å². The van der Waals surface area contributed by atoms with Crippen molar-refractivity contribution in [2.75, 3.05) is 27.2 Å². The molecule has 0 aliphatic rings. The summed E-state index contributed by atoms with van der Waals surface area (Å²) in [6.07, 6.45) is 0. The second-order valence-electron chi connectivity index (χ2n) is 5.56. The molecular weight excluding hydrogens is 356 g/mol. The zero-order chi connectivity index (χ0) is 16.4. The number of amides is 1. The monoisotopic (exact) mass is 372 g/mol. The number of carbonyl (C=O) groups excluding carboxylic acids is 1. The van der Waals surface area contributed by atoms with Crippen LogP contribution in [0.1, 0.15) is 10.4 Å². The average Bonchev–Trinajstić information content (AvgIpc) is 2.52. The van der Waals surface area contributed by atoms with Crippen LogP contribution in [0.5, 0.6) is 0 Å². The standard InChI is InChI=1S/C17H17BrN4O/c1-22(2)10-9-19-17(23)11-5-3-7-13-15(11)21-16-12(18)6-4-8-14(16)20-13/h3-8H,9-10H2,1-2H3,(H,19,23). The number of likely N-dealkylation sites (N-methyl/N-ethyl adjacent to an activating group) is 1. The summed E-state index contributed by atoms with van der Waals surface area (Å²) < 4.78 is 0.868. The lowest BCUT2D eigenvalue weighted by molar-refractivity contribution is 0.0952. The molecule has 0 atom stereocenters. The van der Waals surface area contributed by atoms with Gasteiger partial charge in [-0.2, -0.15) is 0 Å². The summed E-state index contributed by atoms with van der Waals surface area (Å²) in [6, 6.07) is 11.2. The maximum absolute atomic E-state index is 12.5. The van der Waals surface area contributed by atoms with Gasteiger partial charge in [0.05, 0.1) is 16.6 Å². The van der Waals surface area contributed by atoms with E-state index in [9.17, 15) is 4.79 Å². The van der Waals surface area contributed by atoms with Crippen LogP contribution in [0.4, 0.5) is 0 Å². The number of carbonyl (C=O) groups is 1. The number of halogens is 1. The molecule has 0 unspecified atom stereocenters. The van der Waals surface area contributed by atoms with E-state index in [0.29, 0.717) is 17.6 Å². The number of benzene rings is 2. The minimum Gasteiger partial charge on any atom is -0.351 e. The zero-order valence-electron chi connectivity index (χ0n) is 13.0. The Morgan fingerprint density at radius 3 is 2.52 bits per heavy atom. The fourth-order valence-corrected chi connectivity index (χ4v) is 2.80. The molecule has 1 aromatic heterocycles. The largest absolute Gasteiger partial charge is 0.351 e. The number of hydrogen-bond acceptors (Lipinski definition) is 4. The van der Waals surface area contributed by atoms with E-state index in [2.05, 4.69) is 31.2 Å². The Morgan fingerprint density at radius 1 is 1.09 bits per heavy atom. The number of hydrogen-bond donors (Lipinski definition) is 1. The number of nitrogens with zero attached hydrogens (tertiary/aromatic N) is 3. The molecule has 0 spiro atoms. The summed E-state index contributed by atoms with van der Waals surface area (Å²) in [4.78, 5) is 23.7. The molecule has 0 aliphatic carbocycles. The van der Waals surface area contributed by atoms with Gasteiger partial charge in [0.2, 0.25) is 0 Å². The van der Waals surface area contributed by atoms with Crippen molar-refractivity contribution in [3.05, 3.63) is 46.4 Å². The minimum atomic E-state index is -0.127. The highest BCUT2D eigenvalue weighted by molar-refractivity contribution is 9.10. The van der Waals surface area contributed by atoms with Crippen LogP contribution in [0.15, 0.2) is 40.9 Å². The molecule has 3 aromatic rings. The number of rotatable bonds is 4. The average molecular weight is 373 g/mol. The van der Waals surface area contributed by atoms with E-state index in [1.807, 2.05) is 49.3 Å². The number of para-hydroxylation sites is 2. The van der Waals surface area contributed by atoms with Gasteiger partial charge in [0.1, 0.15) is 11.0 Å². The third kappa shape index (κ3) is 3.33.